The molecule has 0 aromatic carbocycles. The molecule has 1 aromatic rings. The van der Waals surface area contributed by atoms with Gasteiger partial charge >= 0.3 is 0 Å². The molecule has 3 rings (SSSR count). The molecule has 0 unspecified atom stereocenters. The van der Waals surface area contributed by atoms with E-state index in [1.165, 1.54) is 0 Å². The highest BCUT2D eigenvalue weighted by Gasteiger charge is 2.37. The van der Waals surface area contributed by atoms with Crippen LogP contribution in [0.1, 0.15) is 12.5 Å². The quantitative estimate of drug-likeness (QED) is 0.859. The van der Waals surface area contributed by atoms with Crippen LogP contribution in [0, 0.1) is 18.8 Å². The largest absolute Gasteiger partial charge is 0.478 e. The van der Waals surface area contributed by atoms with E-state index in [1.54, 1.807) is 6.33 Å². The van der Waals surface area contributed by atoms with Gasteiger partial charge in [0.15, 0.2) is 0 Å². The topological polar surface area (TPSA) is 50.3 Å². The Bertz CT molecular complexity index is 425. The summed E-state index contributed by atoms with van der Waals surface area (Å²) in [5.41, 5.74) is 1.06. The molecule has 0 amide bonds. The van der Waals surface area contributed by atoms with Gasteiger partial charge in [0.1, 0.15) is 12.1 Å². The summed E-state index contributed by atoms with van der Waals surface area (Å²) < 4.78 is 5.54. The Kier molecular flexibility index (Phi) is 3.07. The Labute approximate surface area is 108 Å². The SMILES string of the molecule is CCOc1ncnc(N2C[C@H]3CNC[C@H]3C2)c1C. The third-order valence-electron chi connectivity index (χ3n) is 3.98. The van der Waals surface area contributed by atoms with Crippen molar-refractivity contribution in [3.8, 4) is 5.88 Å². The molecule has 0 radical (unpaired) electrons. The van der Waals surface area contributed by atoms with Crippen molar-refractivity contribution in [3.05, 3.63) is 11.9 Å². The van der Waals surface area contributed by atoms with Crippen LogP contribution in [0.3, 0.4) is 0 Å². The standard InChI is InChI=1S/C13H20N4O/c1-3-18-13-9(2)12(15-8-16-13)17-6-10-4-14-5-11(10)7-17/h8,10-11,14H,3-7H2,1-2H3/t10-,11+. The molecule has 0 aliphatic carbocycles. The van der Waals surface area contributed by atoms with Gasteiger partial charge in [0.2, 0.25) is 5.88 Å². The van der Waals surface area contributed by atoms with Gasteiger partial charge in [-0.05, 0) is 25.7 Å². The van der Waals surface area contributed by atoms with Crippen molar-refractivity contribution >= 4 is 5.82 Å². The second kappa shape index (κ2) is 4.72. The summed E-state index contributed by atoms with van der Waals surface area (Å²) >= 11 is 0. The minimum Gasteiger partial charge on any atom is -0.478 e. The van der Waals surface area contributed by atoms with E-state index in [1.807, 2.05) is 13.8 Å². The number of aromatic nitrogens is 2. The monoisotopic (exact) mass is 248 g/mol. The zero-order chi connectivity index (χ0) is 12.5. The van der Waals surface area contributed by atoms with Gasteiger partial charge in [0.05, 0.1) is 12.2 Å². The smallest absolute Gasteiger partial charge is 0.221 e. The number of nitrogens with zero attached hydrogens (tertiary/aromatic N) is 3. The first kappa shape index (κ1) is 11.7. The van der Waals surface area contributed by atoms with Gasteiger partial charge in [-0.3, -0.25) is 0 Å². The molecule has 2 aliphatic rings. The summed E-state index contributed by atoms with van der Waals surface area (Å²) in [5.74, 6) is 3.31. The van der Waals surface area contributed by atoms with Gasteiger partial charge in [-0.25, -0.2) is 9.97 Å². The molecule has 0 bridgehead atoms. The molecule has 5 heteroatoms. The maximum Gasteiger partial charge on any atom is 0.221 e. The fourth-order valence-corrected chi connectivity index (χ4v) is 3.05. The van der Waals surface area contributed by atoms with Crippen LogP contribution in [0.25, 0.3) is 0 Å². The van der Waals surface area contributed by atoms with Crippen molar-refractivity contribution in [2.45, 2.75) is 13.8 Å². The van der Waals surface area contributed by atoms with E-state index in [0.29, 0.717) is 6.61 Å². The normalized spacial score (nSPS) is 26.4. The summed E-state index contributed by atoms with van der Waals surface area (Å²) in [6.07, 6.45) is 1.61. The average molecular weight is 248 g/mol. The Morgan fingerprint density at radius 1 is 1.33 bits per heavy atom. The molecule has 5 nitrogen and oxygen atoms in total. The first-order chi connectivity index (χ1) is 8.79. The van der Waals surface area contributed by atoms with Crippen molar-refractivity contribution in [3.63, 3.8) is 0 Å². The van der Waals surface area contributed by atoms with E-state index >= 15 is 0 Å². The third-order valence-corrected chi connectivity index (χ3v) is 3.98. The van der Waals surface area contributed by atoms with Crippen LogP contribution < -0.4 is 15.0 Å². The number of hydrogen-bond acceptors (Lipinski definition) is 5. The lowest BCUT2D eigenvalue weighted by atomic mass is 10.0. The molecule has 18 heavy (non-hydrogen) atoms. The fraction of sp³-hybridized carbons (Fsp3) is 0.692. The maximum atomic E-state index is 5.54. The molecule has 2 aliphatic heterocycles. The van der Waals surface area contributed by atoms with Gasteiger partial charge in [-0.15, -0.1) is 0 Å². The van der Waals surface area contributed by atoms with E-state index in [-0.39, 0.29) is 0 Å². The Morgan fingerprint density at radius 2 is 2.06 bits per heavy atom. The van der Waals surface area contributed by atoms with Gasteiger partial charge in [0, 0.05) is 26.2 Å². The molecular formula is C13H20N4O. The lowest BCUT2D eigenvalue weighted by Gasteiger charge is -2.21. The molecule has 0 spiro atoms. The second-order valence-electron chi connectivity index (χ2n) is 5.14. The minimum absolute atomic E-state index is 0.645. The van der Waals surface area contributed by atoms with Crippen LogP contribution in [0.4, 0.5) is 5.82 Å². The number of anilines is 1. The van der Waals surface area contributed by atoms with Crippen molar-refractivity contribution < 1.29 is 4.74 Å². The number of nitrogens with one attached hydrogen (secondary N) is 1. The lowest BCUT2D eigenvalue weighted by molar-refractivity contribution is 0.323. The van der Waals surface area contributed by atoms with Gasteiger partial charge in [-0.1, -0.05) is 0 Å². The molecule has 0 saturated carbocycles. The number of ether oxygens (including phenoxy) is 1. The summed E-state index contributed by atoms with van der Waals surface area (Å²) in [6, 6.07) is 0. The van der Waals surface area contributed by atoms with Gasteiger partial charge in [0.25, 0.3) is 0 Å². The van der Waals surface area contributed by atoms with Gasteiger partial charge < -0.3 is 15.0 Å². The van der Waals surface area contributed by atoms with Crippen molar-refractivity contribution in [1.29, 1.82) is 0 Å². The van der Waals surface area contributed by atoms with E-state index < -0.39 is 0 Å². The second-order valence-corrected chi connectivity index (χ2v) is 5.14. The van der Waals surface area contributed by atoms with E-state index in [4.69, 9.17) is 4.74 Å². The first-order valence-electron chi connectivity index (χ1n) is 6.69. The van der Waals surface area contributed by atoms with Crippen LogP contribution in [-0.4, -0.2) is 42.8 Å². The predicted molar refractivity (Wildman–Crippen MR) is 70.0 cm³/mol. The molecule has 98 valence electrons. The third kappa shape index (κ3) is 1.92. The number of rotatable bonds is 3. The first-order valence-corrected chi connectivity index (χ1v) is 6.69. The van der Waals surface area contributed by atoms with Crippen molar-refractivity contribution in [2.75, 3.05) is 37.7 Å². The minimum atomic E-state index is 0.645. The maximum absolute atomic E-state index is 5.54. The Morgan fingerprint density at radius 3 is 2.72 bits per heavy atom. The van der Waals surface area contributed by atoms with Crippen molar-refractivity contribution in [2.24, 2.45) is 11.8 Å². The highest BCUT2D eigenvalue weighted by atomic mass is 16.5. The van der Waals surface area contributed by atoms with Crippen molar-refractivity contribution in [1.82, 2.24) is 15.3 Å². The zero-order valence-corrected chi connectivity index (χ0v) is 11.0. The van der Waals surface area contributed by atoms with Crippen LogP contribution in [0.2, 0.25) is 0 Å². The Balaban J connectivity index is 1.82. The summed E-state index contributed by atoms with van der Waals surface area (Å²) in [6.45, 7) is 9.15. The fourth-order valence-electron chi connectivity index (χ4n) is 3.05. The molecule has 2 atom stereocenters. The molecule has 3 heterocycles. The van der Waals surface area contributed by atoms with Crippen LogP contribution >= 0.6 is 0 Å². The van der Waals surface area contributed by atoms with Crippen LogP contribution in [-0.2, 0) is 0 Å². The average Bonchev–Trinajstić information content (AvgIpc) is 2.92. The van der Waals surface area contributed by atoms with Crippen LogP contribution in [0.5, 0.6) is 5.88 Å². The predicted octanol–water partition coefficient (Wildman–Crippen LogP) is 0.839. The number of fused-ring (bicyclic) bond motifs is 1. The lowest BCUT2D eigenvalue weighted by Crippen LogP contribution is -2.27. The number of hydrogen-bond donors (Lipinski definition) is 1. The molecule has 2 saturated heterocycles. The summed E-state index contributed by atoms with van der Waals surface area (Å²) in [5, 5.41) is 3.46. The molecule has 1 N–H and O–H groups in total. The van der Waals surface area contributed by atoms with E-state index in [0.717, 1.165) is 55.3 Å². The van der Waals surface area contributed by atoms with Gasteiger partial charge in [-0.2, -0.15) is 0 Å². The van der Waals surface area contributed by atoms with E-state index in [2.05, 4.69) is 20.2 Å². The van der Waals surface area contributed by atoms with Crippen LogP contribution in [0.15, 0.2) is 6.33 Å². The van der Waals surface area contributed by atoms with E-state index in [9.17, 15) is 0 Å². The zero-order valence-electron chi connectivity index (χ0n) is 11.0. The highest BCUT2D eigenvalue weighted by Crippen LogP contribution is 2.32. The Hall–Kier alpha value is -1.36. The molecular weight excluding hydrogens is 228 g/mol. The molecule has 2 fully saturated rings. The summed E-state index contributed by atoms with van der Waals surface area (Å²) in [7, 11) is 0. The molecule has 1 aromatic heterocycles. The summed E-state index contributed by atoms with van der Waals surface area (Å²) in [4.78, 5) is 11.0. The highest BCUT2D eigenvalue weighted by molar-refractivity contribution is 5.51.